The van der Waals surface area contributed by atoms with E-state index in [0.29, 0.717) is 18.3 Å². The molecule has 0 saturated heterocycles. The quantitative estimate of drug-likeness (QED) is 0.0755. The summed E-state index contributed by atoms with van der Waals surface area (Å²) in [5.41, 5.74) is 6.85. The van der Waals surface area contributed by atoms with Gasteiger partial charge in [0.2, 0.25) is 0 Å². The molecule has 1 heterocycles. The molecule has 0 aliphatic rings. The fraction of sp³-hybridized carbons (Fsp3) is 0.500. The van der Waals surface area contributed by atoms with Crippen molar-refractivity contribution in [2.45, 2.75) is 119 Å². The summed E-state index contributed by atoms with van der Waals surface area (Å²) >= 11 is 0. The summed E-state index contributed by atoms with van der Waals surface area (Å²) in [7, 11) is 1.69. The van der Waals surface area contributed by atoms with E-state index >= 15 is 4.39 Å². The van der Waals surface area contributed by atoms with Gasteiger partial charge >= 0.3 is 0 Å². The van der Waals surface area contributed by atoms with E-state index in [-0.39, 0.29) is 17.4 Å². The molecule has 0 fully saturated rings. The summed E-state index contributed by atoms with van der Waals surface area (Å²) in [5.74, 6) is -2.23. The summed E-state index contributed by atoms with van der Waals surface area (Å²) in [6, 6.07) is 3.64. The molecule has 2 rings (SSSR count). The van der Waals surface area contributed by atoms with E-state index in [1.807, 2.05) is 39.8 Å². The normalized spacial score (nSPS) is 14.8. The van der Waals surface area contributed by atoms with Crippen LogP contribution in [0.25, 0.3) is 11.3 Å². The first-order valence-corrected chi connectivity index (χ1v) is 17.2. The molecule has 2 unspecified atom stereocenters. The van der Waals surface area contributed by atoms with Crippen LogP contribution in [0.3, 0.4) is 0 Å². The van der Waals surface area contributed by atoms with Gasteiger partial charge in [-0.15, -0.1) is 0 Å². The van der Waals surface area contributed by atoms with Gasteiger partial charge in [0, 0.05) is 41.2 Å². The Kier molecular flexibility index (Phi) is 16.8. The number of benzene rings is 1. The van der Waals surface area contributed by atoms with Crippen molar-refractivity contribution in [3.05, 3.63) is 99.5 Å². The average molecular weight is 652 g/mol. The van der Waals surface area contributed by atoms with E-state index in [4.69, 9.17) is 14.7 Å². The highest BCUT2D eigenvalue weighted by Gasteiger charge is 2.23. The van der Waals surface area contributed by atoms with Gasteiger partial charge in [0.1, 0.15) is 11.6 Å². The second-order valence-electron chi connectivity index (χ2n) is 12.0. The van der Waals surface area contributed by atoms with Crippen LogP contribution in [-0.2, 0) is 4.74 Å². The van der Waals surface area contributed by atoms with E-state index in [2.05, 4.69) is 58.2 Å². The maximum Gasteiger partial charge on any atom is 0.161 e. The molecule has 0 saturated carbocycles. The van der Waals surface area contributed by atoms with Gasteiger partial charge in [-0.1, -0.05) is 72.1 Å². The van der Waals surface area contributed by atoms with Crippen molar-refractivity contribution in [1.82, 2.24) is 10.3 Å². The van der Waals surface area contributed by atoms with Gasteiger partial charge in [0.15, 0.2) is 11.6 Å². The first kappa shape index (κ1) is 39.6. The Morgan fingerprint density at radius 3 is 2.15 bits per heavy atom. The van der Waals surface area contributed by atoms with Gasteiger partial charge in [-0.25, -0.2) is 13.2 Å². The van der Waals surface area contributed by atoms with Crippen molar-refractivity contribution in [3.8, 4) is 11.3 Å². The number of hydrogen-bond acceptors (Lipinski definition) is 4. The molecule has 0 aliphatic heterocycles. The number of aromatic nitrogens is 1. The first-order valence-electron chi connectivity index (χ1n) is 17.2. The molecule has 0 aliphatic carbocycles. The second kappa shape index (κ2) is 19.9. The smallest absolute Gasteiger partial charge is 0.161 e. The fourth-order valence-electron chi connectivity index (χ4n) is 5.75. The van der Waals surface area contributed by atoms with Crippen LogP contribution < -0.4 is 5.32 Å². The van der Waals surface area contributed by atoms with Gasteiger partial charge in [-0.3, -0.25) is 9.98 Å². The van der Waals surface area contributed by atoms with Crippen LogP contribution in [0.4, 0.5) is 13.2 Å². The molecule has 2 atom stereocenters. The standard InChI is InChI=1S/C40H56F3N3O/c1-11-18-29(38-23-31(26(8)14-4)27(9)40(46-38)32-22-34(42)35(43)24-33(32)41)25-44-36(17-7)28(15-5)21-39(47-10)37(20-13-3)45-30(16-6)19-12-2/h15-17,21-24,26,29,44H,11-14,18-20,25H2,1-10H3/b28-15+,30-16-,36-17+,39-21+,45-37-. The van der Waals surface area contributed by atoms with Crippen molar-refractivity contribution in [1.29, 1.82) is 0 Å². The van der Waals surface area contributed by atoms with E-state index < -0.39 is 17.5 Å². The molecule has 4 nitrogen and oxygen atoms in total. The van der Waals surface area contributed by atoms with Crippen LogP contribution >= 0.6 is 0 Å². The van der Waals surface area contributed by atoms with Crippen molar-refractivity contribution < 1.29 is 17.9 Å². The summed E-state index contributed by atoms with van der Waals surface area (Å²) < 4.78 is 49.2. The van der Waals surface area contributed by atoms with Crippen molar-refractivity contribution >= 4 is 5.71 Å². The largest absolute Gasteiger partial charge is 0.495 e. The third-order valence-corrected chi connectivity index (χ3v) is 8.64. The minimum absolute atomic E-state index is 0.0158. The summed E-state index contributed by atoms with van der Waals surface area (Å²) in [4.78, 5) is 9.92. The number of allylic oxidation sites excluding steroid dienone is 6. The van der Waals surface area contributed by atoms with Crippen LogP contribution in [0.1, 0.15) is 129 Å². The number of pyridine rings is 1. The predicted octanol–water partition coefficient (Wildman–Crippen LogP) is 11.8. The summed E-state index contributed by atoms with van der Waals surface area (Å²) in [6.07, 6.45) is 14.5. The number of hydrogen-bond donors (Lipinski definition) is 1. The van der Waals surface area contributed by atoms with Gasteiger partial charge in [0.25, 0.3) is 0 Å². The number of nitrogens with zero attached hydrogens (tertiary/aromatic N) is 2. The number of nitrogens with one attached hydrogen (secondary N) is 1. The van der Waals surface area contributed by atoms with Crippen LogP contribution in [0.15, 0.2) is 70.2 Å². The Bertz CT molecular complexity index is 1490. The molecule has 1 aromatic carbocycles. The second-order valence-corrected chi connectivity index (χ2v) is 12.0. The Labute approximate surface area is 282 Å². The lowest BCUT2D eigenvalue weighted by atomic mass is 9.88. The van der Waals surface area contributed by atoms with Crippen LogP contribution in [-0.4, -0.2) is 24.4 Å². The maximum absolute atomic E-state index is 15.1. The van der Waals surface area contributed by atoms with Crippen LogP contribution in [0.2, 0.25) is 0 Å². The van der Waals surface area contributed by atoms with Gasteiger partial charge < -0.3 is 10.1 Å². The Morgan fingerprint density at radius 1 is 0.915 bits per heavy atom. The van der Waals surface area contributed by atoms with Gasteiger partial charge in [0.05, 0.1) is 18.5 Å². The van der Waals surface area contributed by atoms with Crippen LogP contribution in [0, 0.1) is 24.4 Å². The lowest BCUT2D eigenvalue weighted by Gasteiger charge is -2.24. The highest BCUT2D eigenvalue weighted by Crippen LogP contribution is 2.35. The van der Waals surface area contributed by atoms with Crippen molar-refractivity contribution in [2.75, 3.05) is 13.7 Å². The molecule has 1 N–H and O–H groups in total. The SMILES string of the molecule is C\C=C(CCC)/N=C(CCC)\C(=C/C(=C\C)C(=C\C)/NCC(CCC)c1cc(C(C)CC)c(C)c(-c2cc(F)c(F)cc2F)n1)OC. The lowest BCUT2D eigenvalue weighted by Crippen LogP contribution is -2.23. The van der Waals surface area contributed by atoms with Gasteiger partial charge in [-0.05, 0) is 94.2 Å². The molecule has 0 spiro atoms. The minimum atomic E-state index is -1.21. The van der Waals surface area contributed by atoms with Gasteiger partial charge in [-0.2, -0.15) is 0 Å². The highest BCUT2D eigenvalue weighted by atomic mass is 19.2. The zero-order valence-electron chi connectivity index (χ0n) is 30.3. The molecule has 258 valence electrons. The molecule has 0 radical (unpaired) electrons. The molecule has 0 amide bonds. The molecule has 47 heavy (non-hydrogen) atoms. The Balaban J connectivity index is 2.57. The zero-order valence-corrected chi connectivity index (χ0v) is 30.3. The minimum Gasteiger partial charge on any atom is -0.495 e. The molecule has 1 aromatic heterocycles. The summed E-state index contributed by atoms with van der Waals surface area (Å²) in [6.45, 7) is 19.1. The number of ether oxygens (including phenoxy) is 1. The van der Waals surface area contributed by atoms with Crippen molar-refractivity contribution in [2.24, 2.45) is 4.99 Å². The third kappa shape index (κ3) is 10.7. The van der Waals surface area contributed by atoms with E-state index in [1.165, 1.54) is 0 Å². The van der Waals surface area contributed by atoms with Crippen molar-refractivity contribution in [3.63, 3.8) is 0 Å². The third-order valence-electron chi connectivity index (χ3n) is 8.64. The first-order chi connectivity index (χ1) is 22.5. The topological polar surface area (TPSA) is 46.5 Å². The van der Waals surface area contributed by atoms with E-state index in [0.717, 1.165) is 96.3 Å². The molecular formula is C40H56F3N3O. The molecular weight excluding hydrogens is 595 g/mol. The molecule has 7 heteroatoms. The lowest BCUT2D eigenvalue weighted by molar-refractivity contribution is 0.313. The van der Waals surface area contributed by atoms with E-state index in [1.54, 1.807) is 7.11 Å². The Hall–Kier alpha value is -3.61. The average Bonchev–Trinajstić information content (AvgIpc) is 3.06. The number of aliphatic imine (C=N–C) groups is 1. The molecule has 2 aromatic rings. The fourth-order valence-corrected chi connectivity index (χ4v) is 5.75. The zero-order chi connectivity index (χ0) is 35.1. The monoisotopic (exact) mass is 651 g/mol. The molecule has 0 bridgehead atoms. The number of rotatable bonds is 18. The highest BCUT2D eigenvalue weighted by molar-refractivity contribution is 5.99. The number of methoxy groups -OCH3 is 1. The Morgan fingerprint density at radius 2 is 1.60 bits per heavy atom. The van der Waals surface area contributed by atoms with Crippen LogP contribution in [0.5, 0.6) is 0 Å². The number of halogens is 3. The maximum atomic E-state index is 15.1. The van der Waals surface area contributed by atoms with E-state index in [9.17, 15) is 8.78 Å². The predicted molar refractivity (Wildman–Crippen MR) is 192 cm³/mol. The summed E-state index contributed by atoms with van der Waals surface area (Å²) in [5, 5.41) is 3.66.